The second kappa shape index (κ2) is 8.22. The van der Waals surface area contributed by atoms with Gasteiger partial charge in [-0.05, 0) is 0 Å². The number of carbonyl (C=O) groups excluding carboxylic acids is 1. The van der Waals surface area contributed by atoms with Gasteiger partial charge in [-0.3, -0.25) is 4.79 Å². The summed E-state index contributed by atoms with van der Waals surface area (Å²) in [5.41, 5.74) is 0. The molecule has 0 aromatic carbocycles. The highest BCUT2D eigenvalue weighted by Gasteiger charge is 2.24. The number of nitrogens with zero attached hydrogens (tertiary/aromatic N) is 1. The van der Waals surface area contributed by atoms with Crippen LogP contribution in [0, 0.1) is 0 Å². The first kappa shape index (κ1) is 14.2. The van der Waals surface area contributed by atoms with Crippen molar-refractivity contribution < 1.29 is 14.3 Å². The van der Waals surface area contributed by atoms with Crippen molar-refractivity contribution in [2.24, 2.45) is 0 Å². The molecule has 1 heterocycles. The van der Waals surface area contributed by atoms with Crippen LogP contribution in [0.4, 0.5) is 4.79 Å². The van der Waals surface area contributed by atoms with Crippen molar-refractivity contribution >= 4 is 28.8 Å². The summed E-state index contributed by atoms with van der Waals surface area (Å²) >= 11 is 3.33. The van der Waals surface area contributed by atoms with E-state index in [4.69, 9.17) is 9.47 Å². The lowest BCUT2D eigenvalue weighted by molar-refractivity contribution is 0.131. The van der Waals surface area contributed by atoms with Crippen molar-refractivity contribution in [3.05, 3.63) is 0 Å². The van der Waals surface area contributed by atoms with E-state index in [0.29, 0.717) is 31.6 Å². The van der Waals surface area contributed by atoms with E-state index in [1.807, 2.05) is 11.8 Å². The summed E-state index contributed by atoms with van der Waals surface area (Å²) < 4.78 is 9.98. The van der Waals surface area contributed by atoms with E-state index < -0.39 is 0 Å². The first-order valence-corrected chi connectivity index (χ1v) is 7.32. The van der Waals surface area contributed by atoms with Gasteiger partial charge in [0, 0.05) is 44.1 Å². The van der Waals surface area contributed by atoms with E-state index >= 15 is 0 Å². The Balaban J connectivity index is 2.22. The van der Waals surface area contributed by atoms with Gasteiger partial charge in [0.25, 0.3) is 5.24 Å². The van der Waals surface area contributed by atoms with Crippen molar-refractivity contribution in [3.63, 3.8) is 0 Å². The van der Waals surface area contributed by atoms with E-state index in [-0.39, 0.29) is 5.24 Å². The second-order valence-electron chi connectivity index (χ2n) is 3.50. The predicted molar refractivity (Wildman–Crippen MR) is 69.4 cm³/mol. The number of ether oxygens (including phenoxy) is 2. The topological polar surface area (TPSA) is 38.8 Å². The van der Waals surface area contributed by atoms with Gasteiger partial charge in [-0.15, -0.1) is 0 Å². The Morgan fingerprint density at radius 1 is 1.38 bits per heavy atom. The van der Waals surface area contributed by atoms with Crippen LogP contribution in [0.2, 0.25) is 0 Å². The van der Waals surface area contributed by atoms with Crippen LogP contribution in [0.15, 0.2) is 0 Å². The molecule has 6 heteroatoms. The molecule has 1 atom stereocenters. The fourth-order valence-electron chi connectivity index (χ4n) is 1.12. The molecule has 0 aliphatic carbocycles. The molecule has 1 saturated heterocycles. The van der Waals surface area contributed by atoms with Crippen molar-refractivity contribution in [2.75, 3.05) is 52.0 Å². The quantitative estimate of drug-likeness (QED) is 0.623. The van der Waals surface area contributed by atoms with Crippen molar-refractivity contribution in [1.29, 1.82) is 0 Å². The minimum absolute atomic E-state index is 0.140. The van der Waals surface area contributed by atoms with Crippen LogP contribution in [-0.4, -0.2) is 67.4 Å². The highest BCUT2D eigenvalue weighted by molar-refractivity contribution is 8.15. The van der Waals surface area contributed by atoms with Gasteiger partial charge in [-0.25, -0.2) is 0 Å². The molecule has 4 nitrogen and oxygen atoms in total. The zero-order valence-electron chi connectivity index (χ0n) is 9.81. The molecule has 0 aromatic rings. The fraction of sp³-hybridized carbons (Fsp3) is 0.900. The van der Waals surface area contributed by atoms with Gasteiger partial charge in [0.2, 0.25) is 0 Å². The van der Waals surface area contributed by atoms with Gasteiger partial charge in [0.15, 0.2) is 0 Å². The number of rotatable bonds is 8. The summed E-state index contributed by atoms with van der Waals surface area (Å²) in [6, 6.07) is 0. The van der Waals surface area contributed by atoms with Crippen LogP contribution >= 0.6 is 23.5 Å². The van der Waals surface area contributed by atoms with Crippen LogP contribution < -0.4 is 0 Å². The van der Waals surface area contributed by atoms with E-state index in [1.54, 1.807) is 19.1 Å². The zero-order chi connectivity index (χ0) is 11.8. The molecule has 1 fully saturated rings. The monoisotopic (exact) mass is 265 g/mol. The zero-order valence-corrected chi connectivity index (χ0v) is 11.4. The Morgan fingerprint density at radius 2 is 1.94 bits per heavy atom. The average molecular weight is 265 g/mol. The normalized spacial score (nSPS) is 18.5. The number of methoxy groups -OCH3 is 2. The molecular formula is C10H19NO3S2. The van der Waals surface area contributed by atoms with Crippen LogP contribution in [-0.2, 0) is 9.47 Å². The number of hydrogen-bond donors (Lipinski definition) is 0. The number of thioether (sulfide) groups is 2. The Hall–Kier alpha value is 0.0900. The fourth-order valence-corrected chi connectivity index (χ4v) is 2.92. The summed E-state index contributed by atoms with van der Waals surface area (Å²) in [6.07, 6.45) is 0. The number of carbonyl (C=O) groups is 1. The summed E-state index contributed by atoms with van der Waals surface area (Å²) in [4.78, 5) is 13.7. The first-order valence-electron chi connectivity index (χ1n) is 5.29. The molecule has 1 aliphatic heterocycles. The Bertz CT molecular complexity index is 204. The van der Waals surface area contributed by atoms with Crippen LogP contribution in [0.5, 0.6) is 0 Å². The molecule has 1 rings (SSSR count). The number of hydrogen-bond acceptors (Lipinski definition) is 5. The Morgan fingerprint density at radius 3 is 2.38 bits per heavy atom. The van der Waals surface area contributed by atoms with Crippen LogP contribution in [0.3, 0.4) is 0 Å². The lowest BCUT2D eigenvalue weighted by Crippen LogP contribution is -2.34. The smallest absolute Gasteiger partial charge is 0.281 e. The van der Waals surface area contributed by atoms with E-state index in [0.717, 1.165) is 5.75 Å². The summed E-state index contributed by atoms with van der Waals surface area (Å²) in [5.74, 6) is 2.14. The maximum Gasteiger partial charge on any atom is 0.281 e. The SMILES string of the molecule is COCCN(CCOC)C(=O)SCC1CS1. The highest BCUT2D eigenvalue weighted by atomic mass is 32.2. The van der Waals surface area contributed by atoms with Crippen molar-refractivity contribution in [1.82, 2.24) is 4.90 Å². The average Bonchev–Trinajstić information content (AvgIpc) is 3.10. The molecule has 1 unspecified atom stereocenters. The minimum atomic E-state index is 0.140. The Kier molecular flexibility index (Phi) is 7.27. The molecule has 1 amide bonds. The van der Waals surface area contributed by atoms with Crippen molar-refractivity contribution in [3.8, 4) is 0 Å². The third-order valence-electron chi connectivity index (χ3n) is 2.18. The molecule has 0 bridgehead atoms. The molecule has 16 heavy (non-hydrogen) atoms. The number of amides is 1. The van der Waals surface area contributed by atoms with Crippen molar-refractivity contribution in [2.45, 2.75) is 5.25 Å². The van der Waals surface area contributed by atoms with Gasteiger partial charge in [-0.2, -0.15) is 11.8 Å². The second-order valence-corrected chi connectivity index (χ2v) is 5.81. The molecule has 1 aliphatic rings. The molecule has 0 saturated carbocycles. The molecular weight excluding hydrogens is 246 g/mol. The maximum atomic E-state index is 11.9. The third kappa shape index (κ3) is 5.98. The predicted octanol–water partition coefficient (Wildman–Crippen LogP) is 1.55. The van der Waals surface area contributed by atoms with Gasteiger partial charge in [-0.1, -0.05) is 11.8 Å². The van der Waals surface area contributed by atoms with Crippen LogP contribution in [0.25, 0.3) is 0 Å². The lowest BCUT2D eigenvalue weighted by Gasteiger charge is -2.21. The summed E-state index contributed by atoms with van der Waals surface area (Å²) in [7, 11) is 3.29. The minimum Gasteiger partial charge on any atom is -0.383 e. The Labute approximate surface area is 105 Å². The third-order valence-corrected chi connectivity index (χ3v) is 4.44. The maximum absolute atomic E-state index is 11.9. The molecule has 94 valence electrons. The molecule has 0 aromatic heterocycles. The van der Waals surface area contributed by atoms with Gasteiger partial charge < -0.3 is 14.4 Å². The summed E-state index contributed by atoms with van der Waals surface area (Å²) in [6.45, 7) is 2.44. The first-order chi connectivity index (χ1) is 7.77. The van der Waals surface area contributed by atoms with E-state index in [9.17, 15) is 4.79 Å². The standard InChI is InChI=1S/C10H19NO3S2/c1-13-5-3-11(4-6-14-2)10(12)16-8-9-7-15-9/h9H,3-8H2,1-2H3. The van der Waals surface area contributed by atoms with Gasteiger partial charge in [0.05, 0.1) is 13.2 Å². The molecule has 0 spiro atoms. The van der Waals surface area contributed by atoms with E-state index in [2.05, 4.69) is 0 Å². The highest BCUT2D eigenvalue weighted by Crippen LogP contribution is 2.33. The van der Waals surface area contributed by atoms with Crippen LogP contribution in [0.1, 0.15) is 0 Å². The van der Waals surface area contributed by atoms with Gasteiger partial charge >= 0.3 is 0 Å². The molecule has 0 N–H and O–H groups in total. The largest absolute Gasteiger partial charge is 0.383 e. The lowest BCUT2D eigenvalue weighted by atomic mass is 10.5. The molecule has 0 radical (unpaired) electrons. The summed E-state index contributed by atoms with van der Waals surface area (Å²) in [5, 5.41) is 0.835. The van der Waals surface area contributed by atoms with Gasteiger partial charge in [0.1, 0.15) is 0 Å². The van der Waals surface area contributed by atoms with E-state index in [1.165, 1.54) is 17.5 Å².